The van der Waals surface area contributed by atoms with Gasteiger partial charge in [0.1, 0.15) is 5.82 Å². The van der Waals surface area contributed by atoms with Gasteiger partial charge in [-0.2, -0.15) is 4.31 Å². The zero-order chi connectivity index (χ0) is 14.2. The summed E-state index contributed by atoms with van der Waals surface area (Å²) in [6, 6.07) is 2.66. The Balaban J connectivity index is 2.49. The smallest absolute Gasteiger partial charge is 0.207 e. The molecule has 0 saturated heterocycles. The van der Waals surface area contributed by atoms with Crippen LogP contribution in [0.5, 0.6) is 0 Å². The van der Waals surface area contributed by atoms with E-state index in [1.807, 2.05) is 0 Å². The number of benzene rings is 1. The lowest BCUT2D eigenvalue weighted by Gasteiger charge is -2.23. The third kappa shape index (κ3) is 3.01. The molecular weight excluding hydrogens is 333 g/mol. The zero-order valence-corrected chi connectivity index (χ0v) is 13.4. The molecule has 1 aromatic carbocycles. The molecule has 6 heteroatoms. The second-order valence-corrected chi connectivity index (χ2v) is 7.53. The van der Waals surface area contributed by atoms with Crippen molar-refractivity contribution in [1.29, 1.82) is 0 Å². The molecule has 0 spiro atoms. The topological polar surface area (TPSA) is 37.4 Å². The molecule has 0 heterocycles. The van der Waals surface area contributed by atoms with E-state index >= 15 is 0 Å². The van der Waals surface area contributed by atoms with Crippen LogP contribution in [0.15, 0.2) is 17.0 Å². The Morgan fingerprint density at radius 2 is 1.84 bits per heavy atom. The molecule has 0 N–H and O–H groups in total. The first kappa shape index (κ1) is 14.9. The van der Waals surface area contributed by atoms with Crippen LogP contribution in [0, 0.1) is 19.7 Å². The summed E-state index contributed by atoms with van der Waals surface area (Å²) >= 11 is 3.29. The summed E-state index contributed by atoms with van der Waals surface area (Å²) in [6.45, 7) is 3.73. The van der Waals surface area contributed by atoms with Gasteiger partial charge in [-0.05, 0) is 49.9 Å². The minimum Gasteiger partial charge on any atom is -0.207 e. The summed E-state index contributed by atoms with van der Waals surface area (Å²) in [6.07, 6.45) is 1.82. The molecule has 0 radical (unpaired) electrons. The van der Waals surface area contributed by atoms with Crippen molar-refractivity contribution in [3.05, 3.63) is 29.1 Å². The Hall–Kier alpha value is -0.460. The SMILES string of the molecule is Cc1cc(F)cc(C)c1S(=O)(=O)N(CCBr)C1CC1. The Morgan fingerprint density at radius 1 is 1.32 bits per heavy atom. The van der Waals surface area contributed by atoms with Gasteiger partial charge >= 0.3 is 0 Å². The van der Waals surface area contributed by atoms with Gasteiger partial charge in [0.15, 0.2) is 0 Å². The molecule has 3 nitrogen and oxygen atoms in total. The lowest BCUT2D eigenvalue weighted by atomic mass is 10.1. The van der Waals surface area contributed by atoms with E-state index in [-0.39, 0.29) is 10.9 Å². The van der Waals surface area contributed by atoms with Crippen LogP contribution in [-0.4, -0.2) is 30.6 Å². The maximum Gasteiger partial charge on any atom is 0.243 e. The predicted molar refractivity (Wildman–Crippen MR) is 76.6 cm³/mol. The number of rotatable bonds is 5. The van der Waals surface area contributed by atoms with Gasteiger partial charge in [0, 0.05) is 17.9 Å². The van der Waals surface area contributed by atoms with Crippen LogP contribution in [0.25, 0.3) is 0 Å². The summed E-state index contributed by atoms with van der Waals surface area (Å²) < 4.78 is 40.3. The standard InChI is InChI=1S/C13H17BrFNO2S/c1-9-7-11(15)8-10(2)13(9)19(17,18)16(6-5-14)12-3-4-12/h7-8,12H,3-6H2,1-2H3. The second kappa shape index (κ2) is 5.50. The molecule has 0 aromatic heterocycles. The van der Waals surface area contributed by atoms with Crippen LogP contribution in [-0.2, 0) is 10.0 Å². The fourth-order valence-electron chi connectivity index (χ4n) is 2.37. The van der Waals surface area contributed by atoms with Crippen LogP contribution < -0.4 is 0 Å². The lowest BCUT2D eigenvalue weighted by molar-refractivity contribution is 0.423. The lowest BCUT2D eigenvalue weighted by Crippen LogP contribution is -2.35. The molecule has 0 aliphatic heterocycles. The van der Waals surface area contributed by atoms with E-state index in [2.05, 4.69) is 15.9 Å². The van der Waals surface area contributed by atoms with Crippen molar-refractivity contribution in [2.24, 2.45) is 0 Å². The average molecular weight is 350 g/mol. The third-order valence-corrected chi connectivity index (χ3v) is 5.86. The van der Waals surface area contributed by atoms with Crippen LogP contribution in [0.3, 0.4) is 0 Å². The summed E-state index contributed by atoms with van der Waals surface area (Å²) in [5.41, 5.74) is 0.940. The van der Waals surface area contributed by atoms with Gasteiger partial charge in [-0.1, -0.05) is 15.9 Å². The van der Waals surface area contributed by atoms with Crippen molar-refractivity contribution in [2.75, 3.05) is 11.9 Å². The first-order valence-electron chi connectivity index (χ1n) is 6.22. The van der Waals surface area contributed by atoms with Crippen molar-refractivity contribution in [1.82, 2.24) is 4.31 Å². The van der Waals surface area contributed by atoms with E-state index in [4.69, 9.17) is 0 Å². The molecule has 19 heavy (non-hydrogen) atoms. The van der Waals surface area contributed by atoms with Crippen LogP contribution in [0.4, 0.5) is 4.39 Å². The van der Waals surface area contributed by atoms with E-state index in [1.54, 1.807) is 13.8 Å². The highest BCUT2D eigenvalue weighted by atomic mass is 79.9. The van der Waals surface area contributed by atoms with Crippen molar-refractivity contribution >= 4 is 26.0 Å². The highest BCUT2D eigenvalue weighted by molar-refractivity contribution is 9.09. The molecular formula is C13H17BrFNO2S. The first-order valence-corrected chi connectivity index (χ1v) is 8.78. The largest absolute Gasteiger partial charge is 0.243 e. The molecule has 106 valence electrons. The average Bonchev–Trinajstić information content (AvgIpc) is 3.07. The summed E-state index contributed by atoms with van der Waals surface area (Å²) in [5, 5.41) is 0.599. The Bertz CT molecular complexity index is 561. The summed E-state index contributed by atoms with van der Waals surface area (Å²) in [5.74, 6) is -0.396. The molecule has 0 atom stereocenters. The first-order chi connectivity index (χ1) is 8.87. The molecule has 0 bridgehead atoms. The second-order valence-electron chi connectivity index (χ2n) is 4.90. The van der Waals surface area contributed by atoms with Gasteiger partial charge in [-0.15, -0.1) is 0 Å². The number of hydrogen-bond donors (Lipinski definition) is 0. The molecule has 1 saturated carbocycles. The van der Waals surface area contributed by atoms with Crippen molar-refractivity contribution in [3.63, 3.8) is 0 Å². The minimum atomic E-state index is -3.54. The number of hydrogen-bond acceptors (Lipinski definition) is 2. The molecule has 0 amide bonds. The summed E-state index contributed by atoms with van der Waals surface area (Å²) in [7, 11) is -3.54. The Morgan fingerprint density at radius 3 is 2.26 bits per heavy atom. The predicted octanol–water partition coefficient (Wildman–Crippen LogP) is 2.99. The van der Waals surface area contributed by atoms with Gasteiger partial charge in [-0.3, -0.25) is 0 Å². The maximum atomic E-state index is 13.3. The van der Waals surface area contributed by atoms with E-state index in [9.17, 15) is 12.8 Å². The van der Waals surface area contributed by atoms with Gasteiger partial charge < -0.3 is 0 Å². The van der Waals surface area contributed by atoms with Crippen molar-refractivity contribution in [2.45, 2.75) is 37.6 Å². The van der Waals surface area contributed by atoms with Gasteiger partial charge in [-0.25, -0.2) is 12.8 Å². The normalized spacial score (nSPS) is 16.1. The molecule has 2 rings (SSSR count). The van der Waals surface area contributed by atoms with E-state index in [1.165, 1.54) is 16.4 Å². The highest BCUT2D eigenvalue weighted by Crippen LogP contribution is 2.34. The van der Waals surface area contributed by atoms with Crippen LogP contribution in [0.1, 0.15) is 24.0 Å². The number of sulfonamides is 1. The van der Waals surface area contributed by atoms with Crippen LogP contribution in [0.2, 0.25) is 0 Å². The fraction of sp³-hybridized carbons (Fsp3) is 0.538. The monoisotopic (exact) mass is 349 g/mol. The molecule has 1 aliphatic rings. The van der Waals surface area contributed by atoms with Crippen LogP contribution >= 0.6 is 15.9 Å². The van der Waals surface area contributed by atoms with E-state index < -0.39 is 15.8 Å². The number of alkyl halides is 1. The quantitative estimate of drug-likeness (QED) is 0.766. The van der Waals surface area contributed by atoms with Gasteiger partial charge in [0.2, 0.25) is 10.0 Å². The molecule has 1 aromatic rings. The molecule has 0 unspecified atom stereocenters. The Kier molecular flexibility index (Phi) is 4.32. The number of aryl methyl sites for hydroxylation is 2. The van der Waals surface area contributed by atoms with Crippen molar-refractivity contribution < 1.29 is 12.8 Å². The zero-order valence-electron chi connectivity index (χ0n) is 11.0. The molecule has 1 aliphatic carbocycles. The van der Waals surface area contributed by atoms with Gasteiger partial charge in [0.25, 0.3) is 0 Å². The fourth-order valence-corrected chi connectivity index (χ4v) is 5.08. The number of halogens is 2. The highest BCUT2D eigenvalue weighted by Gasteiger charge is 2.38. The maximum absolute atomic E-state index is 13.3. The van der Waals surface area contributed by atoms with E-state index in [0.29, 0.717) is 23.0 Å². The van der Waals surface area contributed by atoms with Crippen molar-refractivity contribution in [3.8, 4) is 0 Å². The van der Waals surface area contributed by atoms with E-state index in [0.717, 1.165) is 12.8 Å². The summed E-state index contributed by atoms with van der Waals surface area (Å²) in [4.78, 5) is 0.252. The number of nitrogens with zero attached hydrogens (tertiary/aromatic N) is 1. The third-order valence-electron chi connectivity index (χ3n) is 3.25. The Labute approximate surface area is 122 Å². The molecule has 1 fully saturated rings. The van der Waals surface area contributed by atoms with Gasteiger partial charge in [0.05, 0.1) is 4.90 Å². The minimum absolute atomic E-state index is 0.103.